The van der Waals surface area contributed by atoms with E-state index in [4.69, 9.17) is 9.47 Å². The van der Waals surface area contributed by atoms with E-state index in [1.54, 1.807) is 6.92 Å². The second kappa shape index (κ2) is 4.52. The average molecular weight is 247 g/mol. The van der Waals surface area contributed by atoms with Crippen molar-refractivity contribution >= 4 is 11.5 Å². The maximum Gasteiger partial charge on any atom is 0.163 e. The van der Waals surface area contributed by atoms with Gasteiger partial charge in [-0.2, -0.15) is 0 Å². The third-order valence-corrected chi connectivity index (χ3v) is 3.65. The number of hydrogen-bond acceptors (Lipinski definition) is 4. The summed E-state index contributed by atoms with van der Waals surface area (Å²) in [6, 6.07) is 6.00. The van der Waals surface area contributed by atoms with E-state index < -0.39 is 0 Å². The summed E-state index contributed by atoms with van der Waals surface area (Å²) in [5.74, 6) is 2.09. The topological polar surface area (TPSA) is 38.8 Å². The van der Waals surface area contributed by atoms with Gasteiger partial charge < -0.3 is 14.4 Å². The Kier molecular flexibility index (Phi) is 2.86. The quantitative estimate of drug-likeness (QED) is 0.799. The number of ether oxygens (including phenoxy) is 2. The summed E-state index contributed by atoms with van der Waals surface area (Å²) in [5.41, 5.74) is 1.11. The molecule has 2 heterocycles. The number of anilines is 1. The Bertz CT molecular complexity index is 472. The molecule has 1 unspecified atom stereocenters. The van der Waals surface area contributed by atoms with Crippen LogP contribution in [0.5, 0.6) is 11.5 Å². The van der Waals surface area contributed by atoms with Gasteiger partial charge >= 0.3 is 0 Å². The molecule has 0 aliphatic carbocycles. The molecule has 0 saturated carbocycles. The first-order chi connectivity index (χ1) is 8.74. The summed E-state index contributed by atoms with van der Waals surface area (Å²) in [5, 5.41) is 0. The van der Waals surface area contributed by atoms with Crippen molar-refractivity contribution in [2.24, 2.45) is 5.92 Å². The van der Waals surface area contributed by atoms with E-state index in [1.807, 2.05) is 18.2 Å². The van der Waals surface area contributed by atoms with E-state index in [9.17, 15) is 4.79 Å². The van der Waals surface area contributed by atoms with Crippen molar-refractivity contribution in [3.05, 3.63) is 18.2 Å². The van der Waals surface area contributed by atoms with Crippen LogP contribution in [0.2, 0.25) is 0 Å². The van der Waals surface area contributed by atoms with Crippen molar-refractivity contribution < 1.29 is 14.3 Å². The monoisotopic (exact) mass is 247 g/mol. The highest BCUT2D eigenvalue weighted by atomic mass is 16.6. The Morgan fingerprint density at radius 1 is 1.28 bits per heavy atom. The molecule has 18 heavy (non-hydrogen) atoms. The highest BCUT2D eigenvalue weighted by Crippen LogP contribution is 2.35. The molecule has 0 spiro atoms. The minimum absolute atomic E-state index is 0.179. The first-order valence-corrected chi connectivity index (χ1v) is 6.39. The average Bonchev–Trinajstić information content (AvgIpc) is 2.88. The van der Waals surface area contributed by atoms with Gasteiger partial charge in [0, 0.05) is 30.8 Å². The molecular weight excluding hydrogens is 230 g/mol. The van der Waals surface area contributed by atoms with Crippen LogP contribution in [0.1, 0.15) is 13.3 Å². The third kappa shape index (κ3) is 2.03. The Morgan fingerprint density at radius 3 is 2.78 bits per heavy atom. The zero-order chi connectivity index (χ0) is 12.5. The number of nitrogens with zero attached hydrogens (tertiary/aromatic N) is 1. The van der Waals surface area contributed by atoms with Crippen LogP contribution >= 0.6 is 0 Å². The fourth-order valence-corrected chi connectivity index (χ4v) is 2.56. The zero-order valence-corrected chi connectivity index (χ0v) is 10.5. The standard InChI is InChI=1S/C14H17NO3/c1-10(16)11-4-5-15(9-11)12-2-3-13-14(8-12)18-7-6-17-13/h2-3,8,11H,4-7,9H2,1H3. The molecule has 1 fully saturated rings. The second-order valence-corrected chi connectivity index (χ2v) is 4.87. The minimum atomic E-state index is 0.179. The van der Waals surface area contributed by atoms with Crippen LogP contribution in [0.15, 0.2) is 18.2 Å². The smallest absolute Gasteiger partial charge is 0.163 e. The molecule has 0 bridgehead atoms. The van der Waals surface area contributed by atoms with Gasteiger partial charge in [0.25, 0.3) is 0 Å². The molecule has 1 atom stereocenters. The first kappa shape index (κ1) is 11.4. The lowest BCUT2D eigenvalue weighted by atomic mass is 10.1. The molecule has 1 aromatic rings. The second-order valence-electron chi connectivity index (χ2n) is 4.87. The number of carbonyl (C=O) groups excluding carboxylic acids is 1. The van der Waals surface area contributed by atoms with Gasteiger partial charge in [-0.1, -0.05) is 0 Å². The van der Waals surface area contributed by atoms with Gasteiger partial charge in [-0.05, 0) is 25.5 Å². The lowest BCUT2D eigenvalue weighted by Gasteiger charge is -2.23. The summed E-state index contributed by atoms with van der Waals surface area (Å²) in [4.78, 5) is 13.6. The van der Waals surface area contributed by atoms with Crippen molar-refractivity contribution in [1.82, 2.24) is 0 Å². The van der Waals surface area contributed by atoms with Gasteiger partial charge in [-0.15, -0.1) is 0 Å². The molecular formula is C14H17NO3. The number of fused-ring (bicyclic) bond motifs is 1. The molecule has 4 nitrogen and oxygen atoms in total. The Labute approximate surface area is 106 Å². The summed E-state index contributed by atoms with van der Waals surface area (Å²) in [7, 11) is 0. The number of rotatable bonds is 2. The van der Waals surface area contributed by atoms with Crippen molar-refractivity contribution in [2.45, 2.75) is 13.3 Å². The van der Waals surface area contributed by atoms with E-state index in [1.165, 1.54) is 0 Å². The third-order valence-electron chi connectivity index (χ3n) is 3.65. The SMILES string of the molecule is CC(=O)C1CCN(c2ccc3c(c2)OCCO3)C1. The highest BCUT2D eigenvalue weighted by molar-refractivity contribution is 5.79. The fourth-order valence-electron chi connectivity index (χ4n) is 2.56. The first-order valence-electron chi connectivity index (χ1n) is 6.39. The normalized spacial score (nSPS) is 22.1. The molecule has 0 aromatic heterocycles. The largest absolute Gasteiger partial charge is 0.486 e. The maximum atomic E-state index is 11.4. The van der Waals surface area contributed by atoms with Gasteiger partial charge in [0.1, 0.15) is 19.0 Å². The lowest BCUT2D eigenvalue weighted by molar-refractivity contribution is -0.120. The molecule has 1 saturated heterocycles. The van der Waals surface area contributed by atoms with Crippen LogP contribution in [0, 0.1) is 5.92 Å². The fraction of sp³-hybridized carbons (Fsp3) is 0.500. The maximum absolute atomic E-state index is 11.4. The van der Waals surface area contributed by atoms with E-state index in [0.29, 0.717) is 13.2 Å². The molecule has 0 radical (unpaired) electrons. The summed E-state index contributed by atoms with van der Waals surface area (Å²) in [6.45, 7) is 4.64. The van der Waals surface area contributed by atoms with E-state index >= 15 is 0 Å². The predicted molar refractivity (Wildman–Crippen MR) is 68.4 cm³/mol. The molecule has 0 amide bonds. The molecule has 0 N–H and O–H groups in total. The zero-order valence-electron chi connectivity index (χ0n) is 10.5. The summed E-state index contributed by atoms with van der Waals surface area (Å²) in [6.07, 6.45) is 0.948. The number of carbonyl (C=O) groups is 1. The van der Waals surface area contributed by atoms with E-state index in [-0.39, 0.29) is 11.7 Å². The van der Waals surface area contributed by atoms with Gasteiger partial charge in [0.2, 0.25) is 0 Å². The van der Waals surface area contributed by atoms with Crippen LogP contribution in [0.4, 0.5) is 5.69 Å². The van der Waals surface area contributed by atoms with Crippen molar-refractivity contribution in [2.75, 3.05) is 31.2 Å². The Hall–Kier alpha value is -1.71. The molecule has 96 valence electrons. The van der Waals surface area contributed by atoms with E-state index in [0.717, 1.165) is 36.7 Å². The van der Waals surface area contributed by atoms with Crippen molar-refractivity contribution in [3.8, 4) is 11.5 Å². The molecule has 4 heteroatoms. The number of benzene rings is 1. The number of hydrogen-bond donors (Lipinski definition) is 0. The predicted octanol–water partition coefficient (Wildman–Crippen LogP) is 1.87. The molecule has 2 aliphatic heterocycles. The van der Waals surface area contributed by atoms with Gasteiger partial charge in [-0.25, -0.2) is 0 Å². The Morgan fingerprint density at radius 2 is 2.06 bits per heavy atom. The Balaban J connectivity index is 1.79. The van der Waals surface area contributed by atoms with Gasteiger partial charge in [-0.3, -0.25) is 4.79 Å². The lowest BCUT2D eigenvalue weighted by Crippen LogP contribution is -2.22. The van der Waals surface area contributed by atoms with Crippen LogP contribution in [0.3, 0.4) is 0 Å². The van der Waals surface area contributed by atoms with Crippen LogP contribution < -0.4 is 14.4 Å². The minimum Gasteiger partial charge on any atom is -0.486 e. The molecule has 3 rings (SSSR count). The van der Waals surface area contributed by atoms with Crippen LogP contribution in [-0.4, -0.2) is 32.1 Å². The van der Waals surface area contributed by atoms with E-state index in [2.05, 4.69) is 4.90 Å². The van der Waals surface area contributed by atoms with Gasteiger partial charge in [0.15, 0.2) is 11.5 Å². The number of ketones is 1. The van der Waals surface area contributed by atoms with Crippen molar-refractivity contribution in [3.63, 3.8) is 0 Å². The van der Waals surface area contributed by atoms with Crippen LogP contribution in [-0.2, 0) is 4.79 Å². The summed E-state index contributed by atoms with van der Waals surface area (Å²) >= 11 is 0. The van der Waals surface area contributed by atoms with Crippen LogP contribution in [0.25, 0.3) is 0 Å². The van der Waals surface area contributed by atoms with Gasteiger partial charge in [0.05, 0.1) is 0 Å². The molecule has 1 aromatic carbocycles. The highest BCUT2D eigenvalue weighted by Gasteiger charge is 2.26. The van der Waals surface area contributed by atoms with Crippen molar-refractivity contribution in [1.29, 1.82) is 0 Å². The summed E-state index contributed by atoms with van der Waals surface area (Å²) < 4.78 is 11.1. The molecule has 2 aliphatic rings. The number of Topliss-reactive ketones (excluding diaryl/α,β-unsaturated/α-hetero) is 1.